The Bertz CT molecular complexity index is 1030. The second-order valence-corrected chi connectivity index (χ2v) is 10.2. The molecule has 0 bridgehead atoms. The third-order valence-electron chi connectivity index (χ3n) is 5.99. The average molecular weight is 459 g/mol. The number of carbonyl (C=O) groups is 1. The fraction of sp³-hybridized carbons (Fsp3) is 0.480. The molecule has 0 saturated heterocycles. The quantitative estimate of drug-likeness (QED) is 0.605. The molecule has 3 rings (SSSR count). The summed E-state index contributed by atoms with van der Waals surface area (Å²) >= 11 is 0. The Hall–Kier alpha value is -2.54. The summed E-state index contributed by atoms with van der Waals surface area (Å²) in [5.41, 5.74) is 4.26. The van der Waals surface area contributed by atoms with E-state index in [2.05, 4.69) is 23.5 Å². The zero-order valence-corrected chi connectivity index (χ0v) is 20.2. The minimum absolute atomic E-state index is 0.168. The summed E-state index contributed by atoms with van der Waals surface area (Å²) in [5, 5.41) is 3.07. The Morgan fingerprint density at radius 1 is 1.06 bits per heavy atom. The summed E-state index contributed by atoms with van der Waals surface area (Å²) in [4.78, 5) is 13.2. The zero-order chi connectivity index (χ0) is 23.3. The van der Waals surface area contributed by atoms with Crippen LogP contribution in [0.4, 0.5) is 5.69 Å². The lowest BCUT2D eigenvalue weighted by Crippen LogP contribution is -2.48. The van der Waals surface area contributed by atoms with Gasteiger partial charge < -0.3 is 10.1 Å². The van der Waals surface area contributed by atoms with E-state index in [1.165, 1.54) is 24.0 Å². The molecule has 1 aliphatic carbocycles. The van der Waals surface area contributed by atoms with E-state index in [-0.39, 0.29) is 11.9 Å². The van der Waals surface area contributed by atoms with Crippen LogP contribution in [0.3, 0.4) is 0 Å². The number of fused-ring (bicyclic) bond motifs is 1. The molecule has 0 spiro atoms. The van der Waals surface area contributed by atoms with E-state index in [9.17, 15) is 13.2 Å². The van der Waals surface area contributed by atoms with Crippen LogP contribution in [-0.2, 0) is 27.7 Å². The van der Waals surface area contributed by atoms with Gasteiger partial charge in [-0.05, 0) is 86.9 Å². The van der Waals surface area contributed by atoms with Gasteiger partial charge in [-0.1, -0.05) is 25.1 Å². The minimum atomic E-state index is -3.67. The number of hydrogen-bond donors (Lipinski definition) is 1. The molecule has 1 N–H and O–H groups in total. The summed E-state index contributed by atoms with van der Waals surface area (Å²) in [6.45, 7) is 6.05. The van der Waals surface area contributed by atoms with Crippen LogP contribution in [0, 0.1) is 0 Å². The van der Waals surface area contributed by atoms with Gasteiger partial charge >= 0.3 is 0 Å². The first kappa shape index (κ1) is 24.1. The molecular formula is C25H34N2O4S. The molecule has 0 radical (unpaired) electrons. The monoisotopic (exact) mass is 458 g/mol. The van der Waals surface area contributed by atoms with Crippen molar-refractivity contribution < 1.29 is 17.9 Å². The predicted octanol–water partition coefficient (Wildman–Crippen LogP) is 4.39. The second kappa shape index (κ2) is 10.4. The number of carbonyl (C=O) groups excluding carboxylic acids is 1. The van der Waals surface area contributed by atoms with E-state index in [4.69, 9.17) is 4.74 Å². The number of nitrogens with one attached hydrogen (secondary N) is 1. The van der Waals surface area contributed by atoms with E-state index in [0.29, 0.717) is 18.0 Å². The number of hydrogen-bond acceptors (Lipinski definition) is 4. The maximum Gasteiger partial charge on any atom is 0.244 e. The molecule has 0 aromatic heterocycles. The number of amides is 1. The molecule has 6 nitrogen and oxygen atoms in total. The van der Waals surface area contributed by atoms with Gasteiger partial charge in [0.25, 0.3) is 0 Å². The topological polar surface area (TPSA) is 75.7 Å². The number of nitrogens with zero attached hydrogens (tertiary/aromatic N) is 1. The van der Waals surface area contributed by atoms with Crippen molar-refractivity contribution in [2.24, 2.45) is 0 Å². The molecule has 0 unspecified atom stereocenters. The molecule has 0 heterocycles. The van der Waals surface area contributed by atoms with Crippen molar-refractivity contribution in [1.29, 1.82) is 0 Å². The Labute approximate surface area is 192 Å². The van der Waals surface area contributed by atoms with Gasteiger partial charge in [0, 0.05) is 0 Å². The van der Waals surface area contributed by atoms with Crippen LogP contribution >= 0.6 is 0 Å². The van der Waals surface area contributed by atoms with Crippen molar-refractivity contribution >= 4 is 21.6 Å². The fourth-order valence-electron chi connectivity index (χ4n) is 4.35. The molecule has 0 aliphatic heterocycles. The normalized spacial score (nSPS) is 15.4. The van der Waals surface area contributed by atoms with Crippen molar-refractivity contribution in [2.45, 2.75) is 65.0 Å². The standard InChI is InChI=1S/C25H34N2O4S/c1-5-24(21-12-11-19-9-7-8-10-20(19)17-21)26-25(28)18(3)27(32(4,29)30)22-13-15-23(16-14-22)31-6-2/h11-18,24H,5-10H2,1-4H3,(H,26,28)/t18-,24-/m0/s1. The van der Waals surface area contributed by atoms with Gasteiger partial charge in [-0.3, -0.25) is 9.10 Å². The van der Waals surface area contributed by atoms with Gasteiger partial charge in [-0.2, -0.15) is 0 Å². The van der Waals surface area contributed by atoms with Gasteiger partial charge in [-0.15, -0.1) is 0 Å². The summed E-state index contributed by atoms with van der Waals surface area (Å²) in [5.74, 6) is 0.328. The van der Waals surface area contributed by atoms with Crippen LogP contribution in [0.2, 0.25) is 0 Å². The summed E-state index contributed by atoms with van der Waals surface area (Å²) in [7, 11) is -3.67. The molecule has 7 heteroatoms. The fourth-order valence-corrected chi connectivity index (χ4v) is 5.52. The van der Waals surface area contributed by atoms with Crippen molar-refractivity contribution in [3.05, 3.63) is 59.2 Å². The van der Waals surface area contributed by atoms with Crippen LogP contribution < -0.4 is 14.4 Å². The van der Waals surface area contributed by atoms with E-state index in [1.807, 2.05) is 13.8 Å². The number of sulfonamides is 1. The van der Waals surface area contributed by atoms with Gasteiger partial charge in [0.05, 0.1) is 24.6 Å². The molecule has 32 heavy (non-hydrogen) atoms. The predicted molar refractivity (Wildman–Crippen MR) is 129 cm³/mol. The van der Waals surface area contributed by atoms with Crippen LogP contribution in [0.1, 0.15) is 62.8 Å². The number of rotatable bonds is 9. The Morgan fingerprint density at radius 3 is 2.31 bits per heavy atom. The highest BCUT2D eigenvalue weighted by Crippen LogP contribution is 2.27. The van der Waals surface area contributed by atoms with Gasteiger partial charge in [0.2, 0.25) is 15.9 Å². The molecule has 2 aromatic rings. The molecule has 2 atom stereocenters. The summed E-state index contributed by atoms with van der Waals surface area (Å²) in [6, 6.07) is 12.2. The molecule has 2 aromatic carbocycles. The highest BCUT2D eigenvalue weighted by Gasteiger charge is 2.30. The van der Waals surface area contributed by atoms with E-state index in [0.717, 1.165) is 35.4 Å². The Kier molecular flexibility index (Phi) is 7.82. The molecule has 0 saturated carbocycles. The lowest BCUT2D eigenvalue weighted by atomic mass is 9.88. The SMILES string of the molecule is CCOc1ccc(N([C@@H](C)C(=O)N[C@@H](CC)c2ccc3c(c2)CCCC3)S(C)(=O)=O)cc1. The van der Waals surface area contributed by atoms with E-state index < -0.39 is 16.1 Å². The van der Waals surface area contributed by atoms with Crippen molar-refractivity contribution in [2.75, 3.05) is 17.2 Å². The van der Waals surface area contributed by atoms with Crippen LogP contribution in [0.25, 0.3) is 0 Å². The molecule has 1 amide bonds. The van der Waals surface area contributed by atoms with E-state index in [1.54, 1.807) is 31.2 Å². The largest absolute Gasteiger partial charge is 0.494 e. The lowest BCUT2D eigenvalue weighted by Gasteiger charge is -2.30. The number of anilines is 1. The maximum atomic E-state index is 13.2. The van der Waals surface area contributed by atoms with Crippen molar-refractivity contribution in [1.82, 2.24) is 5.32 Å². The van der Waals surface area contributed by atoms with Crippen molar-refractivity contribution in [3.63, 3.8) is 0 Å². The van der Waals surface area contributed by atoms with Crippen molar-refractivity contribution in [3.8, 4) is 5.75 Å². The first-order valence-electron chi connectivity index (χ1n) is 11.4. The molecule has 1 aliphatic rings. The second-order valence-electron chi connectivity index (χ2n) is 8.37. The number of aryl methyl sites for hydroxylation is 2. The lowest BCUT2D eigenvalue weighted by molar-refractivity contribution is -0.122. The van der Waals surface area contributed by atoms with E-state index >= 15 is 0 Å². The third-order valence-corrected chi connectivity index (χ3v) is 7.23. The first-order valence-corrected chi connectivity index (χ1v) is 13.2. The highest BCUT2D eigenvalue weighted by molar-refractivity contribution is 7.92. The Balaban J connectivity index is 1.80. The summed E-state index contributed by atoms with van der Waals surface area (Å²) < 4.78 is 31.8. The third kappa shape index (κ3) is 5.63. The first-order chi connectivity index (χ1) is 15.2. The molecule has 174 valence electrons. The summed E-state index contributed by atoms with van der Waals surface area (Å²) in [6.07, 6.45) is 6.45. The smallest absolute Gasteiger partial charge is 0.244 e. The Morgan fingerprint density at radius 2 is 1.72 bits per heavy atom. The average Bonchev–Trinajstić information content (AvgIpc) is 2.77. The minimum Gasteiger partial charge on any atom is -0.494 e. The number of ether oxygens (including phenoxy) is 1. The van der Waals surface area contributed by atoms with Crippen LogP contribution in [0.15, 0.2) is 42.5 Å². The van der Waals surface area contributed by atoms with Gasteiger partial charge in [-0.25, -0.2) is 8.42 Å². The highest BCUT2D eigenvalue weighted by atomic mass is 32.2. The molecule has 0 fully saturated rings. The van der Waals surface area contributed by atoms with Gasteiger partial charge in [0.15, 0.2) is 0 Å². The zero-order valence-electron chi connectivity index (χ0n) is 19.4. The maximum absolute atomic E-state index is 13.2. The van der Waals surface area contributed by atoms with Gasteiger partial charge in [0.1, 0.15) is 11.8 Å². The molecular weight excluding hydrogens is 424 g/mol. The number of benzene rings is 2. The van der Waals surface area contributed by atoms with Crippen LogP contribution in [-0.4, -0.2) is 33.2 Å². The van der Waals surface area contributed by atoms with Crippen LogP contribution in [0.5, 0.6) is 5.75 Å².